The van der Waals surface area contributed by atoms with Gasteiger partial charge in [0.1, 0.15) is 0 Å². The van der Waals surface area contributed by atoms with Crippen LogP contribution in [0.1, 0.15) is 6.92 Å². The summed E-state index contributed by atoms with van der Waals surface area (Å²) in [6.07, 6.45) is 0. The Kier molecular flexibility index (Phi) is 4.94. The maximum Gasteiger partial charge on any atom is 0.239 e. The summed E-state index contributed by atoms with van der Waals surface area (Å²) in [5.41, 5.74) is 5.78. The summed E-state index contributed by atoms with van der Waals surface area (Å²) >= 11 is 0. The number of carbonyl (C=O) groups is 1. The van der Waals surface area contributed by atoms with Crippen molar-refractivity contribution in [2.75, 3.05) is 52.5 Å². The summed E-state index contributed by atoms with van der Waals surface area (Å²) < 4.78 is 5.28. The van der Waals surface area contributed by atoms with Crippen LogP contribution in [0.2, 0.25) is 0 Å². The zero-order valence-electron chi connectivity index (χ0n) is 11.1. The van der Waals surface area contributed by atoms with E-state index in [1.807, 2.05) is 11.8 Å². The largest absolute Gasteiger partial charge is 0.378 e. The number of hydrogen-bond donors (Lipinski definition) is 2. The van der Waals surface area contributed by atoms with Crippen LogP contribution in [0.3, 0.4) is 0 Å². The summed E-state index contributed by atoms with van der Waals surface area (Å²) in [6, 6.07) is 0.178. The molecule has 2 rings (SSSR count). The first-order chi connectivity index (χ1) is 8.74. The molecule has 2 saturated heterocycles. The van der Waals surface area contributed by atoms with Gasteiger partial charge in [0.05, 0.1) is 19.3 Å². The van der Waals surface area contributed by atoms with Gasteiger partial charge in [0.25, 0.3) is 0 Å². The molecule has 18 heavy (non-hydrogen) atoms. The third-order valence-electron chi connectivity index (χ3n) is 3.85. The molecule has 2 unspecified atom stereocenters. The Hall–Kier alpha value is -0.690. The molecule has 3 N–H and O–H groups in total. The van der Waals surface area contributed by atoms with E-state index in [2.05, 4.69) is 10.2 Å². The summed E-state index contributed by atoms with van der Waals surface area (Å²) in [4.78, 5) is 16.6. The van der Waals surface area contributed by atoms with Gasteiger partial charge in [0, 0.05) is 45.3 Å². The van der Waals surface area contributed by atoms with Gasteiger partial charge in [-0.05, 0) is 6.92 Å². The quantitative estimate of drug-likeness (QED) is 0.641. The van der Waals surface area contributed by atoms with Gasteiger partial charge in [-0.1, -0.05) is 0 Å². The van der Waals surface area contributed by atoms with Gasteiger partial charge in [-0.3, -0.25) is 9.69 Å². The van der Waals surface area contributed by atoms with E-state index in [0.29, 0.717) is 32.8 Å². The van der Waals surface area contributed by atoms with Crippen molar-refractivity contribution in [1.82, 2.24) is 15.1 Å². The summed E-state index contributed by atoms with van der Waals surface area (Å²) in [6.45, 7) is 8.00. The number of piperazine rings is 1. The average molecular weight is 256 g/mol. The number of nitrogens with zero attached hydrogens (tertiary/aromatic N) is 2. The van der Waals surface area contributed by atoms with Crippen molar-refractivity contribution in [2.45, 2.75) is 19.0 Å². The molecule has 0 saturated carbocycles. The van der Waals surface area contributed by atoms with Gasteiger partial charge in [0.2, 0.25) is 5.91 Å². The molecule has 0 aromatic heterocycles. The number of amides is 1. The van der Waals surface area contributed by atoms with Crippen LogP contribution in [-0.2, 0) is 9.53 Å². The molecule has 0 bridgehead atoms. The lowest BCUT2D eigenvalue weighted by molar-refractivity contribution is -0.141. The number of nitrogens with one attached hydrogen (secondary N) is 1. The van der Waals surface area contributed by atoms with E-state index in [4.69, 9.17) is 10.5 Å². The fraction of sp³-hybridized carbons (Fsp3) is 0.917. The number of nitrogens with two attached hydrogens (primary N) is 1. The van der Waals surface area contributed by atoms with E-state index in [-0.39, 0.29) is 18.0 Å². The van der Waals surface area contributed by atoms with E-state index in [1.54, 1.807) is 0 Å². The van der Waals surface area contributed by atoms with Crippen molar-refractivity contribution in [3.05, 3.63) is 0 Å². The highest BCUT2D eigenvalue weighted by Crippen LogP contribution is 2.11. The number of carbonyl (C=O) groups excluding carboxylic acids is 1. The Morgan fingerprint density at radius 3 is 2.83 bits per heavy atom. The molecule has 0 aromatic carbocycles. The second kappa shape index (κ2) is 6.47. The fourth-order valence-electron chi connectivity index (χ4n) is 2.70. The van der Waals surface area contributed by atoms with Crippen LogP contribution in [0.5, 0.6) is 0 Å². The van der Waals surface area contributed by atoms with Gasteiger partial charge < -0.3 is 20.7 Å². The van der Waals surface area contributed by atoms with E-state index >= 15 is 0 Å². The Morgan fingerprint density at radius 2 is 2.17 bits per heavy atom. The minimum absolute atomic E-state index is 0.0845. The van der Waals surface area contributed by atoms with E-state index in [9.17, 15) is 4.79 Å². The minimum atomic E-state index is -0.0845. The second-order valence-electron chi connectivity index (χ2n) is 4.95. The SMILES string of the molecule is CC(C(=O)N1CCOCC1)N1CCNCC1CN. The molecule has 1 amide bonds. The smallest absolute Gasteiger partial charge is 0.239 e. The Balaban J connectivity index is 1.95. The van der Waals surface area contributed by atoms with Crippen LogP contribution in [0, 0.1) is 0 Å². The number of rotatable bonds is 3. The molecular formula is C12H24N4O2. The van der Waals surface area contributed by atoms with Gasteiger partial charge >= 0.3 is 0 Å². The highest BCUT2D eigenvalue weighted by atomic mass is 16.5. The molecule has 0 spiro atoms. The van der Waals surface area contributed by atoms with Crippen molar-refractivity contribution in [2.24, 2.45) is 5.73 Å². The maximum atomic E-state index is 12.4. The lowest BCUT2D eigenvalue weighted by Crippen LogP contribution is -2.61. The Morgan fingerprint density at radius 1 is 1.44 bits per heavy atom. The molecule has 2 aliphatic rings. The fourth-order valence-corrected chi connectivity index (χ4v) is 2.70. The first kappa shape index (κ1) is 13.7. The Labute approximate surface area is 108 Å². The third-order valence-corrected chi connectivity index (χ3v) is 3.85. The van der Waals surface area contributed by atoms with E-state index < -0.39 is 0 Å². The lowest BCUT2D eigenvalue weighted by atomic mass is 10.1. The summed E-state index contributed by atoms with van der Waals surface area (Å²) in [5, 5.41) is 3.32. The second-order valence-corrected chi connectivity index (χ2v) is 4.95. The Bertz CT molecular complexity index is 281. The van der Waals surface area contributed by atoms with Gasteiger partial charge in [0.15, 0.2) is 0 Å². The first-order valence-electron chi connectivity index (χ1n) is 6.77. The van der Waals surface area contributed by atoms with Crippen LogP contribution >= 0.6 is 0 Å². The standard InChI is InChI=1S/C12H24N4O2/c1-10(12(17)15-4-6-18-7-5-15)16-3-2-14-9-11(16)8-13/h10-11,14H,2-9,13H2,1H3. The predicted octanol–water partition coefficient (Wildman–Crippen LogP) is -1.53. The third kappa shape index (κ3) is 3.00. The maximum absolute atomic E-state index is 12.4. The predicted molar refractivity (Wildman–Crippen MR) is 69.3 cm³/mol. The molecule has 0 aliphatic carbocycles. The highest BCUT2D eigenvalue weighted by Gasteiger charge is 2.32. The lowest BCUT2D eigenvalue weighted by Gasteiger charge is -2.41. The average Bonchev–Trinajstić information content (AvgIpc) is 2.46. The monoisotopic (exact) mass is 256 g/mol. The zero-order valence-corrected chi connectivity index (χ0v) is 11.1. The van der Waals surface area contributed by atoms with Crippen molar-refractivity contribution in [3.8, 4) is 0 Å². The molecule has 2 aliphatic heterocycles. The van der Waals surface area contributed by atoms with E-state index in [1.165, 1.54) is 0 Å². The number of morpholine rings is 1. The van der Waals surface area contributed by atoms with Crippen LogP contribution in [-0.4, -0.2) is 80.3 Å². The van der Waals surface area contributed by atoms with Crippen LogP contribution in [0.15, 0.2) is 0 Å². The molecule has 0 aromatic rings. The van der Waals surface area contributed by atoms with Crippen LogP contribution < -0.4 is 11.1 Å². The number of ether oxygens (including phenoxy) is 1. The first-order valence-corrected chi connectivity index (χ1v) is 6.77. The molecule has 6 heteroatoms. The van der Waals surface area contributed by atoms with Gasteiger partial charge in [-0.15, -0.1) is 0 Å². The molecule has 2 atom stereocenters. The molecule has 0 radical (unpaired) electrons. The zero-order chi connectivity index (χ0) is 13.0. The molecular weight excluding hydrogens is 232 g/mol. The van der Waals surface area contributed by atoms with Gasteiger partial charge in [-0.2, -0.15) is 0 Å². The van der Waals surface area contributed by atoms with Crippen molar-refractivity contribution < 1.29 is 9.53 Å². The van der Waals surface area contributed by atoms with Crippen molar-refractivity contribution >= 4 is 5.91 Å². The minimum Gasteiger partial charge on any atom is -0.378 e. The van der Waals surface area contributed by atoms with E-state index in [0.717, 1.165) is 19.6 Å². The topological polar surface area (TPSA) is 70.8 Å². The molecule has 6 nitrogen and oxygen atoms in total. The molecule has 2 fully saturated rings. The van der Waals surface area contributed by atoms with Crippen LogP contribution in [0.25, 0.3) is 0 Å². The van der Waals surface area contributed by atoms with Crippen molar-refractivity contribution in [3.63, 3.8) is 0 Å². The number of hydrogen-bond acceptors (Lipinski definition) is 5. The van der Waals surface area contributed by atoms with Gasteiger partial charge in [-0.25, -0.2) is 0 Å². The normalized spacial score (nSPS) is 28.1. The van der Waals surface area contributed by atoms with Crippen molar-refractivity contribution in [1.29, 1.82) is 0 Å². The summed E-state index contributed by atoms with van der Waals surface area (Å²) in [7, 11) is 0. The van der Waals surface area contributed by atoms with Crippen LogP contribution in [0.4, 0.5) is 0 Å². The molecule has 104 valence electrons. The molecule has 2 heterocycles. The highest BCUT2D eigenvalue weighted by molar-refractivity contribution is 5.81. The summed E-state index contributed by atoms with van der Waals surface area (Å²) in [5.74, 6) is 0.207.